The lowest BCUT2D eigenvalue weighted by molar-refractivity contribution is 0.474. The van der Waals surface area contributed by atoms with E-state index in [1.165, 1.54) is 0 Å². The number of phenols is 1. The number of para-hydroxylation sites is 1. The first-order chi connectivity index (χ1) is 9.61. The molecule has 5 heteroatoms. The molecule has 1 aliphatic rings. The van der Waals surface area contributed by atoms with Gasteiger partial charge in [-0.25, -0.2) is 0 Å². The Balaban J connectivity index is 2.31. The number of phenolic OH excluding ortho intramolecular Hbond substituents is 1. The van der Waals surface area contributed by atoms with Gasteiger partial charge in [-0.3, -0.25) is 5.43 Å². The lowest BCUT2D eigenvalue weighted by Gasteiger charge is -2.18. The summed E-state index contributed by atoms with van der Waals surface area (Å²) >= 11 is 4.34. The highest BCUT2D eigenvalue weighted by atomic mass is 32.1. The van der Waals surface area contributed by atoms with Gasteiger partial charge in [0.15, 0.2) is 0 Å². The zero-order chi connectivity index (χ0) is 14.5. The predicted molar refractivity (Wildman–Crippen MR) is 84.7 cm³/mol. The van der Waals surface area contributed by atoms with Gasteiger partial charge in [-0.1, -0.05) is 30.9 Å². The average molecular weight is 287 g/mol. The first kappa shape index (κ1) is 14.5. The normalized spacial score (nSPS) is 19.1. The number of allylic oxidation sites excluding steroid dienone is 1. The maximum absolute atomic E-state index is 9.85. The van der Waals surface area contributed by atoms with E-state index in [0.29, 0.717) is 11.3 Å². The third kappa shape index (κ3) is 3.35. The van der Waals surface area contributed by atoms with Gasteiger partial charge in [0.2, 0.25) is 0 Å². The summed E-state index contributed by atoms with van der Waals surface area (Å²) in [6, 6.07) is 7.01. The topological polar surface area (TPSA) is 70.6 Å². The minimum Gasteiger partial charge on any atom is -0.507 e. The van der Waals surface area contributed by atoms with Crippen molar-refractivity contribution in [1.82, 2.24) is 5.43 Å². The molecule has 4 nitrogen and oxygen atoms in total. The van der Waals surface area contributed by atoms with Gasteiger partial charge in [-0.05, 0) is 24.6 Å². The summed E-state index contributed by atoms with van der Waals surface area (Å²) in [4.78, 5) is 0. The fraction of sp³-hybridized carbons (Fsp3) is 0.267. The Labute approximate surface area is 124 Å². The number of benzene rings is 1. The molecule has 104 valence electrons. The molecule has 0 bridgehead atoms. The molecule has 2 unspecified atom stereocenters. The minimum atomic E-state index is -0.436. The van der Waals surface area contributed by atoms with E-state index in [-0.39, 0.29) is 11.0 Å². The number of hydrazone groups is 1. The Morgan fingerprint density at radius 3 is 2.95 bits per heavy atom. The Morgan fingerprint density at radius 2 is 2.25 bits per heavy atom. The van der Waals surface area contributed by atoms with Crippen molar-refractivity contribution in [2.24, 2.45) is 10.8 Å². The number of thiol groups is 1. The van der Waals surface area contributed by atoms with E-state index in [2.05, 4.69) is 35.0 Å². The van der Waals surface area contributed by atoms with Crippen LogP contribution in [0.1, 0.15) is 18.9 Å². The van der Waals surface area contributed by atoms with Gasteiger partial charge in [0.1, 0.15) is 11.9 Å². The molecule has 0 fully saturated rings. The summed E-state index contributed by atoms with van der Waals surface area (Å²) in [6.07, 6.45) is 2.22. The Bertz CT molecular complexity index is 613. The third-order valence-corrected chi connectivity index (χ3v) is 3.40. The molecular weight excluding hydrogens is 270 g/mol. The highest BCUT2D eigenvalue weighted by Crippen LogP contribution is 2.19. The summed E-state index contributed by atoms with van der Waals surface area (Å²) in [6.45, 7) is 2.02. The highest BCUT2D eigenvalue weighted by molar-refractivity contribution is 7.81. The molecule has 1 aromatic rings. The van der Waals surface area contributed by atoms with Crippen LogP contribution in [0.25, 0.3) is 0 Å². The van der Waals surface area contributed by atoms with Crippen molar-refractivity contribution in [3.8, 4) is 17.6 Å². The minimum absolute atomic E-state index is 0.0237. The molecule has 2 rings (SSSR count). The molecule has 0 amide bonds. The van der Waals surface area contributed by atoms with Crippen LogP contribution in [0.4, 0.5) is 0 Å². The van der Waals surface area contributed by atoms with Crippen molar-refractivity contribution in [1.29, 1.82) is 0 Å². The first-order valence-electron chi connectivity index (χ1n) is 6.40. The number of rotatable bonds is 2. The number of hydrogen-bond donors (Lipinski definition) is 4. The molecule has 0 aromatic heterocycles. The van der Waals surface area contributed by atoms with Crippen LogP contribution < -0.4 is 11.2 Å². The van der Waals surface area contributed by atoms with E-state index in [4.69, 9.17) is 5.73 Å². The van der Waals surface area contributed by atoms with Crippen molar-refractivity contribution in [2.75, 3.05) is 0 Å². The molecule has 1 aliphatic heterocycles. The lowest BCUT2D eigenvalue weighted by atomic mass is 10.0. The van der Waals surface area contributed by atoms with Crippen LogP contribution in [0.15, 0.2) is 41.0 Å². The van der Waals surface area contributed by atoms with E-state index in [1.807, 2.05) is 13.0 Å². The monoisotopic (exact) mass is 287 g/mol. The van der Waals surface area contributed by atoms with Crippen LogP contribution in [0.3, 0.4) is 0 Å². The molecule has 0 saturated carbocycles. The Hall–Kier alpha value is -1.90. The van der Waals surface area contributed by atoms with Crippen molar-refractivity contribution >= 4 is 18.3 Å². The quantitative estimate of drug-likeness (QED) is 0.493. The van der Waals surface area contributed by atoms with Gasteiger partial charge in [0.25, 0.3) is 0 Å². The largest absolute Gasteiger partial charge is 0.507 e. The highest BCUT2D eigenvalue weighted by Gasteiger charge is 2.16. The van der Waals surface area contributed by atoms with Crippen LogP contribution in [0, 0.1) is 11.8 Å². The molecular formula is C15H17N3OS. The standard InChI is InChI=1S/C15H17N3OS/c1-2-11(20)8-7-10-9-13(17-18-15(10)16)12-5-3-4-6-14(12)19/h3-6,9,11,15,18-20H,2,16H2,1H3. The summed E-state index contributed by atoms with van der Waals surface area (Å²) in [5, 5.41) is 14.0. The average Bonchev–Trinajstić information content (AvgIpc) is 2.47. The SMILES string of the molecule is CCC(S)C#CC1=CC(c2ccccc2O)=NNC1N. The summed E-state index contributed by atoms with van der Waals surface area (Å²) in [5.41, 5.74) is 10.7. The van der Waals surface area contributed by atoms with E-state index in [9.17, 15) is 5.11 Å². The molecule has 0 saturated heterocycles. The van der Waals surface area contributed by atoms with Gasteiger partial charge in [0.05, 0.1) is 11.0 Å². The molecule has 4 N–H and O–H groups in total. The number of hydrogen-bond acceptors (Lipinski definition) is 5. The third-order valence-electron chi connectivity index (χ3n) is 2.90. The van der Waals surface area contributed by atoms with Gasteiger partial charge in [-0.2, -0.15) is 17.7 Å². The fourth-order valence-electron chi connectivity index (χ4n) is 1.69. The van der Waals surface area contributed by atoms with Crippen molar-refractivity contribution in [2.45, 2.75) is 24.8 Å². The lowest BCUT2D eigenvalue weighted by Crippen LogP contribution is -2.39. The number of nitrogens with two attached hydrogens (primary N) is 1. The van der Waals surface area contributed by atoms with Crippen LogP contribution in [-0.4, -0.2) is 22.2 Å². The van der Waals surface area contributed by atoms with Gasteiger partial charge < -0.3 is 10.8 Å². The van der Waals surface area contributed by atoms with Crippen molar-refractivity contribution < 1.29 is 5.11 Å². The van der Waals surface area contributed by atoms with Crippen LogP contribution in [0.5, 0.6) is 5.75 Å². The molecule has 0 spiro atoms. The number of nitrogens with zero attached hydrogens (tertiary/aromatic N) is 1. The van der Waals surface area contributed by atoms with Gasteiger partial charge in [-0.15, -0.1) is 0 Å². The predicted octanol–water partition coefficient (Wildman–Crippen LogP) is 1.62. The Kier molecular flexibility index (Phi) is 4.72. The van der Waals surface area contributed by atoms with Crippen LogP contribution >= 0.6 is 12.6 Å². The van der Waals surface area contributed by atoms with Gasteiger partial charge >= 0.3 is 0 Å². The van der Waals surface area contributed by atoms with Crippen molar-refractivity contribution in [3.63, 3.8) is 0 Å². The zero-order valence-corrected chi connectivity index (χ0v) is 12.1. The smallest absolute Gasteiger partial charge is 0.125 e. The fourth-order valence-corrected chi connectivity index (χ4v) is 1.75. The van der Waals surface area contributed by atoms with Crippen molar-refractivity contribution in [3.05, 3.63) is 41.5 Å². The zero-order valence-electron chi connectivity index (χ0n) is 11.2. The van der Waals surface area contributed by atoms with E-state index in [0.717, 1.165) is 12.0 Å². The molecule has 1 aromatic carbocycles. The van der Waals surface area contributed by atoms with E-state index < -0.39 is 6.17 Å². The van der Waals surface area contributed by atoms with Crippen LogP contribution in [0.2, 0.25) is 0 Å². The molecule has 20 heavy (non-hydrogen) atoms. The summed E-state index contributed by atoms with van der Waals surface area (Å²) in [7, 11) is 0. The Morgan fingerprint density at radius 1 is 1.50 bits per heavy atom. The summed E-state index contributed by atoms with van der Waals surface area (Å²) in [5.74, 6) is 6.23. The molecule has 1 heterocycles. The van der Waals surface area contributed by atoms with E-state index >= 15 is 0 Å². The summed E-state index contributed by atoms with van der Waals surface area (Å²) < 4.78 is 0. The van der Waals surface area contributed by atoms with Gasteiger partial charge in [0, 0.05) is 11.1 Å². The van der Waals surface area contributed by atoms with E-state index in [1.54, 1.807) is 24.3 Å². The molecule has 0 aliphatic carbocycles. The molecule has 2 atom stereocenters. The molecule has 0 radical (unpaired) electrons. The number of nitrogens with one attached hydrogen (secondary N) is 1. The second kappa shape index (κ2) is 6.51. The second-order valence-electron chi connectivity index (χ2n) is 4.41. The maximum Gasteiger partial charge on any atom is 0.125 e. The first-order valence-corrected chi connectivity index (χ1v) is 6.91. The number of aromatic hydroxyl groups is 1. The second-order valence-corrected chi connectivity index (χ2v) is 5.04. The van der Waals surface area contributed by atoms with Crippen LogP contribution in [-0.2, 0) is 0 Å². The maximum atomic E-state index is 9.85.